The fraction of sp³-hybridized carbons (Fsp3) is 0.333. The van der Waals surface area contributed by atoms with E-state index in [0.29, 0.717) is 12.5 Å². The van der Waals surface area contributed by atoms with Crippen LogP contribution < -0.4 is 10.6 Å². The third-order valence-corrected chi connectivity index (χ3v) is 5.23. The molecule has 0 aliphatic carbocycles. The number of aryl methyl sites for hydroxylation is 1. The standard InChI is InChI=1S/C18H23N5S/c1-13(16-9-6-10-24-16)11-20-18(19-2)21-12-17-22-14-7-4-5-8-15(14)23(17)3/h4-10,13H,11-12H2,1-3H3,(H2,19,20,21). The zero-order chi connectivity index (χ0) is 16.9. The molecule has 3 rings (SSSR count). The molecule has 0 fully saturated rings. The molecule has 6 heteroatoms. The van der Waals surface area contributed by atoms with E-state index in [2.05, 4.69) is 55.7 Å². The molecule has 2 aromatic heterocycles. The second-order valence-electron chi connectivity index (χ2n) is 5.80. The van der Waals surface area contributed by atoms with Crippen LogP contribution in [0.25, 0.3) is 11.0 Å². The Kier molecular flexibility index (Phi) is 5.15. The van der Waals surface area contributed by atoms with Gasteiger partial charge in [0.25, 0.3) is 0 Å². The molecular formula is C18H23N5S. The summed E-state index contributed by atoms with van der Waals surface area (Å²) in [6.45, 7) is 3.71. The lowest BCUT2D eigenvalue weighted by Crippen LogP contribution is -2.39. The molecule has 0 amide bonds. The van der Waals surface area contributed by atoms with Gasteiger partial charge in [0.05, 0.1) is 17.6 Å². The van der Waals surface area contributed by atoms with Crippen LogP contribution in [-0.2, 0) is 13.6 Å². The normalized spacial score (nSPS) is 13.2. The fourth-order valence-electron chi connectivity index (χ4n) is 2.66. The smallest absolute Gasteiger partial charge is 0.191 e. The molecule has 2 N–H and O–H groups in total. The lowest BCUT2D eigenvalue weighted by molar-refractivity contribution is 0.693. The first kappa shape index (κ1) is 16.5. The second-order valence-corrected chi connectivity index (χ2v) is 6.78. The molecule has 5 nitrogen and oxygen atoms in total. The van der Waals surface area contributed by atoms with Crippen LogP contribution in [0, 0.1) is 0 Å². The van der Waals surface area contributed by atoms with Crippen molar-refractivity contribution in [3.05, 3.63) is 52.5 Å². The molecule has 1 atom stereocenters. The summed E-state index contributed by atoms with van der Waals surface area (Å²) >= 11 is 1.79. The molecule has 0 aliphatic heterocycles. The van der Waals surface area contributed by atoms with Gasteiger partial charge in [0, 0.05) is 31.4 Å². The summed E-state index contributed by atoms with van der Waals surface area (Å²) in [5.41, 5.74) is 2.16. The third kappa shape index (κ3) is 3.59. The maximum absolute atomic E-state index is 4.67. The predicted octanol–water partition coefficient (Wildman–Crippen LogP) is 3.10. The van der Waals surface area contributed by atoms with E-state index < -0.39 is 0 Å². The number of hydrogen-bond donors (Lipinski definition) is 2. The molecular weight excluding hydrogens is 318 g/mol. The van der Waals surface area contributed by atoms with Gasteiger partial charge in [-0.25, -0.2) is 4.98 Å². The van der Waals surface area contributed by atoms with Gasteiger partial charge in [0.1, 0.15) is 5.82 Å². The number of aliphatic imine (C=N–C) groups is 1. The first-order valence-corrected chi connectivity index (χ1v) is 8.95. The highest BCUT2D eigenvalue weighted by Crippen LogP contribution is 2.19. The van der Waals surface area contributed by atoms with Crippen LogP contribution >= 0.6 is 11.3 Å². The van der Waals surface area contributed by atoms with Crippen LogP contribution in [0.1, 0.15) is 23.5 Å². The molecule has 126 valence electrons. The van der Waals surface area contributed by atoms with Crippen LogP contribution in [0.5, 0.6) is 0 Å². The Morgan fingerprint density at radius 2 is 2.08 bits per heavy atom. The van der Waals surface area contributed by atoms with E-state index in [1.807, 2.05) is 25.2 Å². The Hall–Kier alpha value is -2.34. The van der Waals surface area contributed by atoms with E-state index in [9.17, 15) is 0 Å². The summed E-state index contributed by atoms with van der Waals surface area (Å²) < 4.78 is 2.11. The zero-order valence-electron chi connectivity index (χ0n) is 14.3. The molecule has 0 saturated heterocycles. The van der Waals surface area contributed by atoms with Gasteiger partial charge in [-0.1, -0.05) is 25.1 Å². The summed E-state index contributed by atoms with van der Waals surface area (Å²) in [5, 5.41) is 8.85. The SMILES string of the molecule is CN=C(NCc1nc2ccccc2n1C)NCC(C)c1cccs1. The lowest BCUT2D eigenvalue weighted by atomic mass is 10.1. The van der Waals surface area contributed by atoms with E-state index >= 15 is 0 Å². The van der Waals surface area contributed by atoms with Crippen molar-refractivity contribution in [1.82, 2.24) is 20.2 Å². The number of para-hydroxylation sites is 2. The number of nitrogens with one attached hydrogen (secondary N) is 2. The number of guanidine groups is 1. The first-order chi connectivity index (χ1) is 11.7. The minimum absolute atomic E-state index is 0.458. The van der Waals surface area contributed by atoms with Crippen LogP contribution in [-0.4, -0.2) is 29.1 Å². The summed E-state index contributed by atoms with van der Waals surface area (Å²) in [7, 11) is 3.83. The van der Waals surface area contributed by atoms with E-state index in [0.717, 1.165) is 29.4 Å². The van der Waals surface area contributed by atoms with E-state index in [4.69, 9.17) is 0 Å². The molecule has 0 spiro atoms. The molecule has 0 radical (unpaired) electrons. The quantitative estimate of drug-likeness (QED) is 0.554. The molecule has 0 aliphatic rings. The number of hydrogen-bond acceptors (Lipinski definition) is 3. The maximum Gasteiger partial charge on any atom is 0.191 e. The highest BCUT2D eigenvalue weighted by Gasteiger charge is 2.10. The fourth-order valence-corrected chi connectivity index (χ4v) is 3.45. The van der Waals surface area contributed by atoms with Crippen molar-refractivity contribution >= 4 is 28.3 Å². The van der Waals surface area contributed by atoms with Crippen LogP contribution in [0.4, 0.5) is 0 Å². The molecule has 3 aromatic rings. The van der Waals surface area contributed by atoms with Gasteiger partial charge in [-0.2, -0.15) is 0 Å². The van der Waals surface area contributed by atoms with Crippen molar-refractivity contribution in [3.8, 4) is 0 Å². The van der Waals surface area contributed by atoms with Gasteiger partial charge in [0.2, 0.25) is 0 Å². The maximum atomic E-state index is 4.67. The van der Waals surface area contributed by atoms with Crippen molar-refractivity contribution in [2.45, 2.75) is 19.4 Å². The van der Waals surface area contributed by atoms with Crippen LogP contribution in [0.3, 0.4) is 0 Å². The summed E-state index contributed by atoms with van der Waals surface area (Å²) in [6.07, 6.45) is 0. The van der Waals surface area contributed by atoms with Crippen molar-refractivity contribution in [1.29, 1.82) is 0 Å². The Morgan fingerprint density at radius 1 is 1.25 bits per heavy atom. The molecule has 2 heterocycles. The number of benzene rings is 1. The molecule has 0 saturated carbocycles. The van der Waals surface area contributed by atoms with Crippen molar-refractivity contribution in [2.75, 3.05) is 13.6 Å². The molecule has 24 heavy (non-hydrogen) atoms. The van der Waals surface area contributed by atoms with Crippen molar-refractivity contribution in [3.63, 3.8) is 0 Å². The number of thiophene rings is 1. The molecule has 0 bridgehead atoms. The van der Waals surface area contributed by atoms with Crippen molar-refractivity contribution < 1.29 is 0 Å². The lowest BCUT2D eigenvalue weighted by Gasteiger charge is -2.15. The minimum Gasteiger partial charge on any atom is -0.356 e. The van der Waals surface area contributed by atoms with Gasteiger partial charge < -0.3 is 15.2 Å². The highest BCUT2D eigenvalue weighted by atomic mass is 32.1. The topological polar surface area (TPSA) is 54.2 Å². The van der Waals surface area contributed by atoms with Gasteiger partial charge in [-0.3, -0.25) is 4.99 Å². The Labute approximate surface area is 146 Å². The Bertz CT molecular complexity index is 819. The predicted molar refractivity (Wildman–Crippen MR) is 102 cm³/mol. The minimum atomic E-state index is 0.458. The van der Waals surface area contributed by atoms with Crippen LogP contribution in [0.2, 0.25) is 0 Å². The van der Waals surface area contributed by atoms with Gasteiger partial charge in [-0.15, -0.1) is 11.3 Å². The molecule has 1 unspecified atom stereocenters. The summed E-state index contributed by atoms with van der Waals surface area (Å²) in [4.78, 5) is 10.4. The number of aromatic nitrogens is 2. The summed E-state index contributed by atoms with van der Waals surface area (Å²) in [6, 6.07) is 12.4. The van der Waals surface area contributed by atoms with Gasteiger partial charge >= 0.3 is 0 Å². The van der Waals surface area contributed by atoms with E-state index in [1.165, 1.54) is 4.88 Å². The molecule has 1 aromatic carbocycles. The van der Waals surface area contributed by atoms with Crippen molar-refractivity contribution in [2.24, 2.45) is 12.0 Å². The first-order valence-electron chi connectivity index (χ1n) is 8.07. The average Bonchev–Trinajstić information content (AvgIpc) is 3.24. The van der Waals surface area contributed by atoms with Gasteiger partial charge in [0.15, 0.2) is 5.96 Å². The Balaban J connectivity index is 1.58. The number of fused-ring (bicyclic) bond motifs is 1. The Morgan fingerprint density at radius 3 is 2.79 bits per heavy atom. The number of nitrogens with zero attached hydrogens (tertiary/aromatic N) is 3. The van der Waals surface area contributed by atoms with Crippen LogP contribution in [0.15, 0.2) is 46.8 Å². The zero-order valence-corrected chi connectivity index (χ0v) is 15.1. The largest absolute Gasteiger partial charge is 0.356 e. The highest BCUT2D eigenvalue weighted by molar-refractivity contribution is 7.10. The van der Waals surface area contributed by atoms with E-state index in [-0.39, 0.29) is 0 Å². The van der Waals surface area contributed by atoms with E-state index in [1.54, 1.807) is 18.4 Å². The average molecular weight is 341 g/mol. The second kappa shape index (κ2) is 7.49. The monoisotopic (exact) mass is 341 g/mol. The number of rotatable bonds is 5. The van der Waals surface area contributed by atoms with Gasteiger partial charge in [-0.05, 0) is 23.6 Å². The third-order valence-electron chi connectivity index (χ3n) is 4.12. The summed E-state index contributed by atoms with van der Waals surface area (Å²) in [5.74, 6) is 2.25. The number of imidazole rings is 1.